The van der Waals surface area contributed by atoms with Gasteiger partial charge in [0.15, 0.2) is 17.5 Å². The minimum Gasteiger partial charge on any atom is -0.236 e. The van der Waals surface area contributed by atoms with Gasteiger partial charge in [0.05, 0.1) is 10.2 Å². The lowest BCUT2D eigenvalue weighted by molar-refractivity contribution is 1.08. The Kier molecular flexibility index (Phi) is 7.05. The van der Waals surface area contributed by atoms with Crippen LogP contribution in [0, 0.1) is 0 Å². The van der Waals surface area contributed by atoms with Crippen LogP contribution in [0.3, 0.4) is 0 Å². The largest absolute Gasteiger partial charge is 0.236 e. The van der Waals surface area contributed by atoms with Crippen molar-refractivity contribution in [3.05, 3.63) is 158 Å². The summed E-state index contributed by atoms with van der Waals surface area (Å²) in [6.45, 7) is 0. The lowest BCUT2D eigenvalue weighted by Gasteiger charge is -2.09. The average Bonchev–Trinajstić information content (AvgIpc) is 3.94. The number of hydrogen-bond acceptors (Lipinski definition) is 7. The molecular formula is C46H26N4S3. The Hall–Kier alpha value is -6.12. The fraction of sp³-hybridized carbons (Fsp3) is 0. The summed E-state index contributed by atoms with van der Waals surface area (Å²) in [5.74, 6) is 2.00. The van der Waals surface area contributed by atoms with Crippen molar-refractivity contribution in [2.24, 2.45) is 0 Å². The van der Waals surface area contributed by atoms with Gasteiger partial charge in [-0.2, -0.15) is 0 Å². The number of aromatic nitrogens is 4. The van der Waals surface area contributed by atoms with E-state index in [0.717, 1.165) is 32.8 Å². The molecule has 0 unspecified atom stereocenters. The third kappa shape index (κ3) is 5.24. The SMILES string of the molecule is c1ccc(-c2nc(-c3ccc4sc5ccccc5c4c3)nc(-c3cccc4c3sc3ccc(-c5ccc(-c6nc7ccccc7s6)cc5)cc34)n2)cc1. The van der Waals surface area contributed by atoms with Crippen molar-refractivity contribution in [2.75, 3.05) is 0 Å². The molecule has 0 radical (unpaired) electrons. The molecular weight excluding hydrogens is 705 g/mol. The van der Waals surface area contributed by atoms with E-state index in [9.17, 15) is 0 Å². The van der Waals surface area contributed by atoms with Crippen molar-refractivity contribution >= 4 is 84.6 Å². The van der Waals surface area contributed by atoms with Crippen LogP contribution in [0.2, 0.25) is 0 Å². The van der Waals surface area contributed by atoms with E-state index in [1.54, 1.807) is 22.7 Å². The van der Waals surface area contributed by atoms with E-state index in [1.165, 1.54) is 56.2 Å². The fourth-order valence-corrected chi connectivity index (χ4v) is 10.4. The molecule has 4 heterocycles. The molecule has 0 amide bonds. The molecule has 0 atom stereocenters. The highest BCUT2D eigenvalue weighted by atomic mass is 32.1. The minimum atomic E-state index is 0.663. The second-order valence-electron chi connectivity index (χ2n) is 13.0. The molecule has 53 heavy (non-hydrogen) atoms. The van der Waals surface area contributed by atoms with Crippen LogP contribution in [-0.4, -0.2) is 19.9 Å². The van der Waals surface area contributed by atoms with E-state index in [0.29, 0.717) is 17.5 Å². The molecule has 0 saturated carbocycles. The number of nitrogens with zero attached hydrogens (tertiary/aromatic N) is 4. The van der Waals surface area contributed by atoms with E-state index in [2.05, 4.69) is 133 Å². The smallest absolute Gasteiger partial charge is 0.165 e. The molecule has 11 rings (SSSR count). The highest BCUT2D eigenvalue weighted by Gasteiger charge is 2.18. The molecule has 0 spiro atoms. The van der Waals surface area contributed by atoms with Crippen LogP contribution in [0.15, 0.2) is 158 Å². The van der Waals surface area contributed by atoms with Crippen LogP contribution in [0.25, 0.3) is 106 Å². The van der Waals surface area contributed by atoms with Crippen molar-refractivity contribution < 1.29 is 0 Å². The quantitative estimate of drug-likeness (QED) is 0.177. The lowest BCUT2D eigenvalue weighted by atomic mass is 10.0. The van der Waals surface area contributed by atoms with Gasteiger partial charge < -0.3 is 0 Å². The molecule has 248 valence electrons. The Morgan fingerprint density at radius 1 is 0.321 bits per heavy atom. The summed E-state index contributed by atoms with van der Waals surface area (Å²) in [6.07, 6.45) is 0. The molecule has 0 N–H and O–H groups in total. The van der Waals surface area contributed by atoms with Gasteiger partial charge in [0, 0.05) is 62.6 Å². The number of benzene rings is 7. The van der Waals surface area contributed by atoms with Gasteiger partial charge in [-0.05, 0) is 65.7 Å². The van der Waals surface area contributed by atoms with Gasteiger partial charge in [-0.25, -0.2) is 19.9 Å². The van der Waals surface area contributed by atoms with Crippen LogP contribution < -0.4 is 0 Å². The zero-order valence-electron chi connectivity index (χ0n) is 28.0. The Morgan fingerprint density at radius 2 is 0.925 bits per heavy atom. The van der Waals surface area contributed by atoms with E-state index in [1.807, 2.05) is 35.6 Å². The van der Waals surface area contributed by atoms with Gasteiger partial charge >= 0.3 is 0 Å². The standard InChI is InChI=1S/C46H26N4S3/c1-2-9-28(10-3-1)43-48-44(31-22-24-39-35(26-31)32-11-4-6-15-38(32)51-39)50-45(49-43)34-13-8-12-33-36-25-30(21-23-40(36)52-42(33)34)27-17-19-29(20-18-27)46-47-37-14-5-7-16-41(37)53-46/h1-26H. The van der Waals surface area contributed by atoms with Crippen LogP contribution >= 0.6 is 34.0 Å². The van der Waals surface area contributed by atoms with E-state index in [-0.39, 0.29) is 0 Å². The Morgan fingerprint density at radius 3 is 1.77 bits per heavy atom. The molecule has 0 aliphatic rings. The van der Waals surface area contributed by atoms with Gasteiger partial charge in [-0.1, -0.05) is 103 Å². The van der Waals surface area contributed by atoms with Crippen molar-refractivity contribution in [1.82, 2.24) is 19.9 Å². The van der Waals surface area contributed by atoms with Crippen molar-refractivity contribution in [3.63, 3.8) is 0 Å². The van der Waals surface area contributed by atoms with Crippen LogP contribution in [0.5, 0.6) is 0 Å². The van der Waals surface area contributed by atoms with Crippen molar-refractivity contribution in [3.8, 4) is 55.9 Å². The Labute approximate surface area is 316 Å². The zero-order chi connectivity index (χ0) is 34.9. The number of para-hydroxylation sites is 1. The summed E-state index contributed by atoms with van der Waals surface area (Å²) in [5.41, 5.74) is 7.49. The predicted octanol–water partition coefficient (Wildman–Crippen LogP) is 13.6. The zero-order valence-corrected chi connectivity index (χ0v) is 30.5. The lowest BCUT2D eigenvalue weighted by Crippen LogP contribution is -2.00. The Bertz CT molecular complexity index is 3140. The van der Waals surface area contributed by atoms with Gasteiger partial charge in [-0.15, -0.1) is 34.0 Å². The number of rotatable bonds is 5. The van der Waals surface area contributed by atoms with E-state index >= 15 is 0 Å². The van der Waals surface area contributed by atoms with E-state index < -0.39 is 0 Å². The molecule has 4 nitrogen and oxygen atoms in total. The normalized spacial score (nSPS) is 11.8. The van der Waals surface area contributed by atoms with Gasteiger partial charge in [0.25, 0.3) is 0 Å². The topological polar surface area (TPSA) is 51.6 Å². The third-order valence-corrected chi connectivity index (χ3v) is 13.3. The van der Waals surface area contributed by atoms with Gasteiger partial charge in [0.2, 0.25) is 0 Å². The number of fused-ring (bicyclic) bond motifs is 7. The maximum Gasteiger partial charge on any atom is 0.165 e. The summed E-state index contributed by atoms with van der Waals surface area (Å²) in [5, 5.41) is 5.95. The van der Waals surface area contributed by atoms with Gasteiger partial charge in [-0.3, -0.25) is 0 Å². The summed E-state index contributed by atoms with van der Waals surface area (Å²) in [4.78, 5) is 20.2. The summed E-state index contributed by atoms with van der Waals surface area (Å²) in [7, 11) is 0. The molecule has 0 aliphatic heterocycles. The first kappa shape index (κ1) is 30.5. The molecule has 0 bridgehead atoms. The molecule has 7 aromatic carbocycles. The first-order chi connectivity index (χ1) is 26.2. The molecule has 0 aliphatic carbocycles. The molecule has 0 saturated heterocycles. The second-order valence-corrected chi connectivity index (χ2v) is 16.2. The molecule has 11 aromatic rings. The first-order valence-electron chi connectivity index (χ1n) is 17.4. The summed E-state index contributed by atoms with van der Waals surface area (Å²) < 4.78 is 6.14. The fourth-order valence-electron chi connectivity index (χ4n) is 7.16. The molecule has 4 aromatic heterocycles. The summed E-state index contributed by atoms with van der Waals surface area (Å²) in [6, 6.07) is 55.7. The van der Waals surface area contributed by atoms with Crippen molar-refractivity contribution in [2.45, 2.75) is 0 Å². The maximum absolute atomic E-state index is 5.19. The highest BCUT2D eigenvalue weighted by molar-refractivity contribution is 7.26. The predicted molar refractivity (Wildman–Crippen MR) is 226 cm³/mol. The van der Waals surface area contributed by atoms with E-state index in [4.69, 9.17) is 19.9 Å². The third-order valence-electron chi connectivity index (χ3n) is 9.80. The number of hydrogen-bond donors (Lipinski definition) is 0. The maximum atomic E-state index is 5.19. The summed E-state index contributed by atoms with van der Waals surface area (Å²) >= 11 is 5.34. The highest BCUT2D eigenvalue weighted by Crippen LogP contribution is 2.42. The van der Waals surface area contributed by atoms with Gasteiger partial charge in [0.1, 0.15) is 5.01 Å². The Balaban J connectivity index is 1.02. The van der Waals surface area contributed by atoms with Crippen LogP contribution in [0.1, 0.15) is 0 Å². The molecule has 0 fully saturated rings. The molecule has 7 heteroatoms. The number of thiophene rings is 2. The monoisotopic (exact) mass is 730 g/mol. The minimum absolute atomic E-state index is 0.663. The van der Waals surface area contributed by atoms with Crippen LogP contribution in [-0.2, 0) is 0 Å². The second kappa shape index (κ2) is 12.2. The first-order valence-corrected chi connectivity index (χ1v) is 19.8. The number of thiazole rings is 1. The van der Waals surface area contributed by atoms with Crippen molar-refractivity contribution in [1.29, 1.82) is 0 Å². The average molecular weight is 731 g/mol. The van der Waals surface area contributed by atoms with Crippen LogP contribution in [0.4, 0.5) is 0 Å².